The van der Waals surface area contributed by atoms with Gasteiger partial charge in [-0.3, -0.25) is 4.79 Å². The average Bonchev–Trinajstić information content (AvgIpc) is 3.22. The third kappa shape index (κ3) is 4.92. The molecule has 0 aliphatic carbocycles. The summed E-state index contributed by atoms with van der Waals surface area (Å²) in [5.41, 5.74) is 1.51. The fourth-order valence-corrected chi connectivity index (χ4v) is 5.07. The van der Waals surface area contributed by atoms with Gasteiger partial charge in [0.2, 0.25) is 10.0 Å². The zero-order valence-corrected chi connectivity index (χ0v) is 16.8. The van der Waals surface area contributed by atoms with Crippen molar-refractivity contribution in [2.24, 2.45) is 0 Å². The normalized spacial score (nSPS) is 17.1. The first kappa shape index (κ1) is 21.0. The molecular weight excluding hydrogens is 397 g/mol. The summed E-state index contributed by atoms with van der Waals surface area (Å²) in [6.45, 7) is 2.54. The minimum atomic E-state index is -3.65. The first-order chi connectivity index (χ1) is 11.8. The summed E-state index contributed by atoms with van der Waals surface area (Å²) < 4.78 is 45.9. The Morgan fingerprint density at radius 1 is 1.38 bits per heavy atom. The number of ether oxygens (including phenoxy) is 1. The van der Waals surface area contributed by atoms with E-state index in [0.717, 1.165) is 11.3 Å². The zero-order chi connectivity index (χ0) is 18.0. The lowest BCUT2D eigenvalue weighted by atomic mass is 10.0. The molecule has 0 spiro atoms. The predicted octanol–water partition coefficient (Wildman–Crippen LogP) is 2.80. The van der Waals surface area contributed by atoms with Gasteiger partial charge in [0.1, 0.15) is 10.0 Å². The lowest BCUT2D eigenvalue weighted by Gasteiger charge is -2.09. The molecule has 1 atom stereocenters. The summed E-state index contributed by atoms with van der Waals surface area (Å²) >= 11 is 1.01. The van der Waals surface area contributed by atoms with Crippen molar-refractivity contribution in [2.75, 3.05) is 13.2 Å². The van der Waals surface area contributed by atoms with Crippen LogP contribution in [0.3, 0.4) is 0 Å². The Morgan fingerprint density at radius 3 is 2.81 bits per heavy atom. The Hall–Kier alpha value is -1.26. The first-order valence-electron chi connectivity index (χ1n) is 7.82. The highest BCUT2D eigenvalue weighted by Gasteiger charge is 2.25. The summed E-state index contributed by atoms with van der Waals surface area (Å²) in [6, 6.07) is 5.68. The molecule has 1 saturated heterocycles. The number of hydrogen-bond donors (Lipinski definition) is 1. The largest absolute Gasteiger partial charge is 0.380 e. The van der Waals surface area contributed by atoms with Gasteiger partial charge >= 0.3 is 0 Å². The summed E-state index contributed by atoms with van der Waals surface area (Å²) in [5, 5.41) is 1.54. The summed E-state index contributed by atoms with van der Waals surface area (Å²) in [4.78, 5) is 12.4. The molecule has 1 aromatic carbocycles. The molecule has 1 aliphatic heterocycles. The van der Waals surface area contributed by atoms with E-state index in [0.29, 0.717) is 36.3 Å². The topological polar surface area (TPSA) is 72.5 Å². The van der Waals surface area contributed by atoms with Gasteiger partial charge in [0.25, 0.3) is 0 Å². The zero-order valence-electron chi connectivity index (χ0n) is 14.1. The van der Waals surface area contributed by atoms with Crippen molar-refractivity contribution in [1.82, 2.24) is 4.72 Å². The molecule has 0 radical (unpaired) electrons. The van der Waals surface area contributed by atoms with Crippen LogP contribution in [0.2, 0.25) is 0 Å². The Balaban J connectivity index is 0.00000243. The van der Waals surface area contributed by atoms with Crippen molar-refractivity contribution in [2.45, 2.75) is 30.0 Å². The van der Waals surface area contributed by atoms with E-state index in [1.807, 2.05) is 0 Å². The predicted molar refractivity (Wildman–Crippen MR) is 103 cm³/mol. The maximum absolute atomic E-state index is 13.3. The smallest absolute Gasteiger partial charge is 0.250 e. The van der Waals surface area contributed by atoms with Crippen LogP contribution in [0.25, 0.3) is 0 Å². The second-order valence-corrected chi connectivity index (χ2v) is 8.87. The first-order valence-corrected chi connectivity index (χ1v) is 10.2. The van der Waals surface area contributed by atoms with Crippen molar-refractivity contribution >= 4 is 40.6 Å². The number of carbonyl (C=O) groups excluding carboxylic acids is 1. The maximum atomic E-state index is 13.3. The fourth-order valence-electron chi connectivity index (χ4n) is 2.61. The van der Waals surface area contributed by atoms with E-state index < -0.39 is 10.0 Å². The van der Waals surface area contributed by atoms with Crippen LogP contribution in [0.15, 0.2) is 33.9 Å². The molecule has 9 heteroatoms. The Morgan fingerprint density at radius 2 is 2.15 bits per heavy atom. The summed E-state index contributed by atoms with van der Waals surface area (Å²) in [7, 11) is -3.65. The molecule has 1 fully saturated rings. The van der Waals surface area contributed by atoms with Gasteiger partial charge in [0.05, 0.1) is 6.61 Å². The number of sulfonamides is 1. The number of nitrogens with one attached hydrogen (secondary N) is 1. The number of hydrogen-bond acceptors (Lipinski definition) is 5. The number of ketones is 1. The average molecular weight is 418 g/mol. The molecule has 1 aromatic heterocycles. The van der Waals surface area contributed by atoms with Gasteiger partial charge in [-0.25, -0.2) is 17.5 Å². The van der Waals surface area contributed by atoms with Gasteiger partial charge in [-0.2, -0.15) is 13.5 Å². The molecule has 1 N–H and O–H groups in total. The quantitative estimate of drug-likeness (QED) is 0.734. The second-order valence-electron chi connectivity index (χ2n) is 6.02. The van der Waals surface area contributed by atoms with Gasteiger partial charge in [-0.1, -0.05) is 12.1 Å². The number of thiophene rings is 1. The number of benzene rings is 1. The van der Waals surface area contributed by atoms with Gasteiger partial charge in [0.15, 0.2) is 5.78 Å². The SMILES string of the molecule is Cc1cc(CC(=O)c2csc(S(=O)(=O)N[C@H]3CCOC3)c2)ccc1F.S. The van der Waals surface area contributed by atoms with E-state index in [9.17, 15) is 17.6 Å². The fraction of sp³-hybridized carbons (Fsp3) is 0.353. The van der Waals surface area contributed by atoms with Crippen LogP contribution in [0.4, 0.5) is 4.39 Å². The number of Topliss-reactive ketones (excluding diaryl/α,β-unsaturated/α-hetero) is 1. The van der Waals surface area contributed by atoms with Crippen molar-refractivity contribution in [3.8, 4) is 0 Å². The third-order valence-corrected chi connectivity index (χ3v) is 6.96. The third-order valence-electron chi connectivity index (χ3n) is 4.00. The molecule has 0 bridgehead atoms. The molecule has 2 aromatic rings. The van der Waals surface area contributed by atoms with Gasteiger partial charge < -0.3 is 4.74 Å². The van der Waals surface area contributed by atoms with E-state index >= 15 is 0 Å². The van der Waals surface area contributed by atoms with Crippen LogP contribution < -0.4 is 4.72 Å². The van der Waals surface area contributed by atoms with Crippen molar-refractivity contribution in [3.63, 3.8) is 0 Å². The Bertz CT molecular complexity index is 889. The standard InChI is InChI=1S/C17H18FNO4S2.H2S/c1-11-6-12(2-3-15(11)18)7-16(20)13-8-17(24-10-13)25(21,22)19-14-4-5-23-9-14;/h2-3,6,8,10,14,19H,4-5,7,9H2,1H3;1H2/t14-;/m0./s1. The lowest BCUT2D eigenvalue weighted by molar-refractivity contribution is 0.0993. The van der Waals surface area contributed by atoms with Crippen molar-refractivity contribution < 1.29 is 22.3 Å². The molecule has 5 nitrogen and oxygen atoms in total. The van der Waals surface area contributed by atoms with Crippen molar-refractivity contribution in [1.29, 1.82) is 0 Å². The molecule has 2 heterocycles. The van der Waals surface area contributed by atoms with Crippen LogP contribution in [0, 0.1) is 12.7 Å². The lowest BCUT2D eigenvalue weighted by Crippen LogP contribution is -2.34. The number of carbonyl (C=O) groups is 1. The molecule has 3 rings (SSSR count). The van der Waals surface area contributed by atoms with Crippen LogP contribution in [-0.2, 0) is 21.2 Å². The van der Waals surface area contributed by atoms with Crippen LogP contribution in [-0.4, -0.2) is 33.5 Å². The number of halogens is 1. The number of rotatable bonds is 6. The van der Waals surface area contributed by atoms with Gasteiger partial charge in [-0.05, 0) is 36.6 Å². The second kappa shape index (κ2) is 8.62. The summed E-state index contributed by atoms with van der Waals surface area (Å²) in [5.74, 6) is -0.519. The molecule has 26 heavy (non-hydrogen) atoms. The van der Waals surface area contributed by atoms with E-state index in [1.165, 1.54) is 12.1 Å². The molecular formula is C17H20FNO4S3. The monoisotopic (exact) mass is 417 g/mol. The molecule has 0 amide bonds. The van der Waals surface area contributed by atoms with Crippen LogP contribution in [0.1, 0.15) is 27.9 Å². The van der Waals surface area contributed by atoms with Crippen LogP contribution >= 0.6 is 24.8 Å². The highest BCUT2D eigenvalue weighted by atomic mass is 32.2. The van der Waals surface area contributed by atoms with E-state index in [-0.39, 0.29) is 41.8 Å². The molecule has 142 valence electrons. The van der Waals surface area contributed by atoms with E-state index in [4.69, 9.17) is 4.74 Å². The molecule has 0 saturated carbocycles. The highest BCUT2D eigenvalue weighted by molar-refractivity contribution is 7.91. The number of aryl methyl sites for hydroxylation is 1. The van der Waals surface area contributed by atoms with Gasteiger partial charge in [0, 0.05) is 30.0 Å². The van der Waals surface area contributed by atoms with E-state index in [1.54, 1.807) is 24.4 Å². The highest BCUT2D eigenvalue weighted by Crippen LogP contribution is 2.23. The van der Waals surface area contributed by atoms with Crippen molar-refractivity contribution in [3.05, 3.63) is 52.2 Å². The minimum Gasteiger partial charge on any atom is -0.380 e. The minimum absolute atomic E-state index is 0. The molecule has 1 aliphatic rings. The summed E-state index contributed by atoms with van der Waals surface area (Å²) in [6.07, 6.45) is 0.738. The van der Waals surface area contributed by atoms with Crippen LogP contribution in [0.5, 0.6) is 0 Å². The van der Waals surface area contributed by atoms with E-state index in [2.05, 4.69) is 4.72 Å². The van der Waals surface area contributed by atoms with Gasteiger partial charge in [-0.15, -0.1) is 11.3 Å². The Labute approximate surface area is 163 Å². The Kier molecular flexibility index (Phi) is 6.98. The molecule has 0 unspecified atom stereocenters. The maximum Gasteiger partial charge on any atom is 0.250 e.